The fourth-order valence-corrected chi connectivity index (χ4v) is 3.65. The number of benzene rings is 2. The summed E-state index contributed by atoms with van der Waals surface area (Å²) < 4.78 is 52.0. The number of thiazole rings is 1. The van der Waals surface area contributed by atoms with Crippen molar-refractivity contribution in [3.05, 3.63) is 76.1 Å². The summed E-state index contributed by atoms with van der Waals surface area (Å²) >= 11 is 1.27. The van der Waals surface area contributed by atoms with E-state index in [1.807, 2.05) is 0 Å². The molecule has 1 heterocycles. The van der Waals surface area contributed by atoms with E-state index in [9.17, 15) is 22.4 Å². The van der Waals surface area contributed by atoms with E-state index < -0.39 is 23.5 Å². The number of halogens is 4. The maximum atomic E-state index is 13.8. The van der Waals surface area contributed by atoms with Crippen LogP contribution in [0, 0.1) is 12.7 Å². The topological polar surface area (TPSA) is 62.2 Å². The van der Waals surface area contributed by atoms with Gasteiger partial charge in [-0.3, -0.25) is 0 Å². The molecule has 0 fully saturated rings. The first kappa shape index (κ1) is 21.5. The molecule has 0 unspecified atom stereocenters. The van der Waals surface area contributed by atoms with Gasteiger partial charge in [-0.05, 0) is 42.8 Å². The molecule has 2 aromatic carbocycles. The van der Waals surface area contributed by atoms with Crippen LogP contribution in [0.2, 0.25) is 0 Å². The van der Waals surface area contributed by atoms with Crippen molar-refractivity contribution in [3.8, 4) is 10.6 Å². The number of aromatic nitrogens is 1. The van der Waals surface area contributed by atoms with Gasteiger partial charge < -0.3 is 10.4 Å². The third-order valence-corrected chi connectivity index (χ3v) is 5.40. The van der Waals surface area contributed by atoms with Crippen LogP contribution in [-0.2, 0) is 17.5 Å². The average Bonchev–Trinajstić information content (AvgIpc) is 3.05. The Balaban J connectivity index is 1.71. The number of rotatable bonds is 6. The first-order valence-corrected chi connectivity index (χ1v) is 9.53. The minimum absolute atomic E-state index is 0.287. The number of carbonyl (C=O) groups is 1. The summed E-state index contributed by atoms with van der Waals surface area (Å²) in [5, 5.41) is 12.3. The van der Waals surface area contributed by atoms with Crippen LogP contribution in [-0.4, -0.2) is 16.1 Å². The maximum Gasteiger partial charge on any atom is 0.419 e. The Morgan fingerprint density at radius 3 is 2.50 bits per heavy atom. The fraction of sp³-hybridized carbons (Fsp3) is 0.143. The third kappa shape index (κ3) is 5.24. The van der Waals surface area contributed by atoms with Gasteiger partial charge in [0.2, 0.25) is 0 Å². The van der Waals surface area contributed by atoms with Crippen molar-refractivity contribution in [2.45, 2.75) is 19.6 Å². The van der Waals surface area contributed by atoms with Gasteiger partial charge >= 0.3 is 12.1 Å². The molecule has 0 saturated heterocycles. The monoisotopic (exact) mass is 436 g/mol. The number of hydrogen-bond donors (Lipinski definition) is 2. The normalized spacial score (nSPS) is 11.8. The molecule has 0 bridgehead atoms. The first-order chi connectivity index (χ1) is 14.1. The van der Waals surface area contributed by atoms with Gasteiger partial charge in [0.15, 0.2) is 0 Å². The highest BCUT2D eigenvalue weighted by Crippen LogP contribution is 2.35. The van der Waals surface area contributed by atoms with Gasteiger partial charge in [-0.25, -0.2) is 14.2 Å². The molecule has 30 heavy (non-hydrogen) atoms. The molecule has 0 saturated carbocycles. The minimum atomic E-state index is -4.74. The Morgan fingerprint density at radius 2 is 1.90 bits per heavy atom. The van der Waals surface area contributed by atoms with Gasteiger partial charge in [0.1, 0.15) is 10.8 Å². The molecule has 0 aliphatic carbocycles. The van der Waals surface area contributed by atoms with E-state index >= 15 is 0 Å². The van der Waals surface area contributed by atoms with Gasteiger partial charge in [0.25, 0.3) is 0 Å². The number of anilines is 1. The number of carboxylic acid groups (broad SMARTS) is 1. The number of hydrogen-bond acceptors (Lipinski definition) is 4. The zero-order valence-electron chi connectivity index (χ0n) is 15.6. The van der Waals surface area contributed by atoms with Crippen molar-refractivity contribution >= 4 is 29.1 Å². The summed E-state index contributed by atoms with van der Waals surface area (Å²) in [6.45, 7) is 2.20. The summed E-state index contributed by atoms with van der Waals surface area (Å²) in [5.74, 6) is -2.36. The van der Waals surface area contributed by atoms with Crippen LogP contribution in [0.3, 0.4) is 0 Å². The number of aliphatic carboxylic acids is 1. The Kier molecular flexibility index (Phi) is 6.21. The van der Waals surface area contributed by atoms with Crippen LogP contribution in [0.5, 0.6) is 0 Å². The smallest absolute Gasteiger partial charge is 0.419 e. The Bertz CT molecular complexity index is 1090. The lowest BCUT2D eigenvalue weighted by atomic mass is 10.1. The highest BCUT2D eigenvalue weighted by Gasteiger charge is 2.34. The van der Waals surface area contributed by atoms with Crippen molar-refractivity contribution in [1.82, 2.24) is 4.98 Å². The number of aryl methyl sites for hydroxylation is 1. The Morgan fingerprint density at radius 1 is 1.20 bits per heavy atom. The second-order valence-corrected chi connectivity index (χ2v) is 7.45. The molecular weight excluding hydrogens is 420 g/mol. The van der Waals surface area contributed by atoms with Crippen LogP contribution in [0.15, 0.2) is 48.5 Å². The summed E-state index contributed by atoms with van der Waals surface area (Å²) in [6.07, 6.45) is -2.21. The van der Waals surface area contributed by atoms with Crippen molar-refractivity contribution < 1.29 is 27.5 Å². The highest BCUT2D eigenvalue weighted by molar-refractivity contribution is 7.15. The van der Waals surface area contributed by atoms with Crippen molar-refractivity contribution in [2.75, 3.05) is 5.32 Å². The van der Waals surface area contributed by atoms with Gasteiger partial charge in [0.05, 0.1) is 17.8 Å². The van der Waals surface area contributed by atoms with E-state index in [0.717, 1.165) is 34.3 Å². The number of carboxylic acids is 1. The third-order valence-electron chi connectivity index (χ3n) is 4.20. The lowest BCUT2D eigenvalue weighted by Gasteiger charge is -2.08. The summed E-state index contributed by atoms with van der Waals surface area (Å²) in [5.41, 5.74) is 1.22. The van der Waals surface area contributed by atoms with Crippen LogP contribution < -0.4 is 5.32 Å². The molecule has 0 atom stereocenters. The van der Waals surface area contributed by atoms with Crippen molar-refractivity contribution in [2.24, 2.45) is 0 Å². The van der Waals surface area contributed by atoms with E-state index in [0.29, 0.717) is 17.2 Å². The van der Waals surface area contributed by atoms with Crippen molar-refractivity contribution in [3.63, 3.8) is 0 Å². The molecule has 0 aliphatic rings. The second-order valence-electron chi connectivity index (χ2n) is 6.37. The van der Waals surface area contributed by atoms with Crippen LogP contribution >= 0.6 is 11.3 Å². The minimum Gasteiger partial charge on any atom is -0.478 e. The van der Waals surface area contributed by atoms with Crippen LogP contribution in [0.4, 0.5) is 23.2 Å². The molecule has 2 N–H and O–H groups in total. The molecule has 1 aromatic heterocycles. The molecule has 3 aromatic rings. The maximum absolute atomic E-state index is 13.8. The van der Waals surface area contributed by atoms with E-state index in [1.165, 1.54) is 23.5 Å². The van der Waals surface area contributed by atoms with E-state index in [2.05, 4.69) is 10.3 Å². The molecule has 3 rings (SSSR count). The van der Waals surface area contributed by atoms with E-state index in [1.54, 1.807) is 31.2 Å². The van der Waals surface area contributed by atoms with Crippen LogP contribution in [0.1, 0.15) is 21.7 Å². The van der Waals surface area contributed by atoms with E-state index in [-0.39, 0.29) is 5.56 Å². The summed E-state index contributed by atoms with van der Waals surface area (Å²) in [4.78, 5) is 15.7. The summed E-state index contributed by atoms with van der Waals surface area (Å²) in [6, 6.07) is 9.90. The molecule has 0 amide bonds. The number of alkyl halides is 3. The lowest BCUT2D eigenvalue weighted by Crippen LogP contribution is -2.07. The van der Waals surface area contributed by atoms with Gasteiger partial charge in [0, 0.05) is 22.2 Å². The Hall–Kier alpha value is -3.20. The standard InChI is InChI=1S/C21H16F4N2O2S/c1-12-18(11-26-15-6-2-13(3-7-15)4-9-19(28)29)30-20(27-12)14-5-8-16(17(22)10-14)21(23,24)25/h2-10,26H,11H2,1H3,(H,28,29)/b9-4+. The SMILES string of the molecule is Cc1nc(-c2ccc(C(F)(F)F)c(F)c2)sc1CNc1ccc(/C=C/C(=O)O)cc1. The zero-order chi connectivity index (χ0) is 21.9. The fourth-order valence-electron chi connectivity index (χ4n) is 2.66. The largest absolute Gasteiger partial charge is 0.478 e. The molecule has 4 nitrogen and oxygen atoms in total. The second kappa shape index (κ2) is 8.66. The predicted octanol–water partition coefficient (Wildman–Crippen LogP) is 5.99. The first-order valence-electron chi connectivity index (χ1n) is 8.72. The van der Waals surface area contributed by atoms with E-state index in [4.69, 9.17) is 5.11 Å². The summed E-state index contributed by atoms with van der Waals surface area (Å²) in [7, 11) is 0. The molecule has 0 radical (unpaired) electrons. The average molecular weight is 436 g/mol. The molecule has 9 heteroatoms. The highest BCUT2D eigenvalue weighted by atomic mass is 32.1. The lowest BCUT2D eigenvalue weighted by molar-refractivity contribution is -0.140. The molecule has 0 aliphatic heterocycles. The van der Waals surface area contributed by atoms with Crippen molar-refractivity contribution in [1.29, 1.82) is 0 Å². The number of nitrogens with one attached hydrogen (secondary N) is 1. The number of nitrogens with zero attached hydrogens (tertiary/aromatic N) is 1. The Labute approximate surface area is 173 Å². The molecule has 156 valence electrons. The molecular formula is C21H16F4N2O2S. The molecule has 0 spiro atoms. The van der Waals surface area contributed by atoms with Gasteiger partial charge in [-0.2, -0.15) is 13.2 Å². The predicted molar refractivity (Wildman–Crippen MR) is 108 cm³/mol. The van der Waals surface area contributed by atoms with Crippen LogP contribution in [0.25, 0.3) is 16.6 Å². The van der Waals surface area contributed by atoms with Gasteiger partial charge in [-0.15, -0.1) is 11.3 Å². The zero-order valence-corrected chi connectivity index (χ0v) is 16.4. The van der Waals surface area contributed by atoms with Gasteiger partial charge in [-0.1, -0.05) is 18.2 Å². The quantitative estimate of drug-likeness (QED) is 0.368.